The molecule has 1 N–H and O–H groups in total. The summed E-state index contributed by atoms with van der Waals surface area (Å²) in [7, 11) is 1.59. The molecule has 0 bridgehead atoms. The Morgan fingerprint density at radius 2 is 2.17 bits per heavy atom. The van der Waals surface area contributed by atoms with E-state index in [1.165, 1.54) is 0 Å². The lowest BCUT2D eigenvalue weighted by Crippen LogP contribution is -2.35. The number of carbonyl (C=O) groups excluding carboxylic acids is 2. The number of rotatable bonds is 7. The van der Waals surface area contributed by atoms with Crippen LogP contribution in [-0.2, 0) is 16.1 Å². The summed E-state index contributed by atoms with van der Waals surface area (Å²) in [4.78, 5) is 27.8. The first-order valence-electron chi connectivity index (χ1n) is 9.85. The van der Waals surface area contributed by atoms with E-state index in [4.69, 9.17) is 4.74 Å². The van der Waals surface area contributed by atoms with Crippen LogP contribution in [0.15, 0.2) is 47.8 Å². The molecule has 8 heteroatoms. The molecule has 0 saturated carbocycles. The number of carbonyl (C=O) groups is 2. The summed E-state index contributed by atoms with van der Waals surface area (Å²) in [6, 6.07) is 13.4. The Morgan fingerprint density at radius 3 is 2.93 bits per heavy atom. The summed E-state index contributed by atoms with van der Waals surface area (Å²) >= 11 is 1.65. The summed E-state index contributed by atoms with van der Waals surface area (Å²) in [5.41, 5.74) is 2.75. The van der Waals surface area contributed by atoms with Crippen LogP contribution in [0.2, 0.25) is 0 Å². The fraction of sp³-hybridized carbons (Fsp3) is 0.318. The molecule has 1 aromatic carbocycles. The highest BCUT2D eigenvalue weighted by atomic mass is 32.1. The Labute approximate surface area is 179 Å². The van der Waals surface area contributed by atoms with Crippen LogP contribution in [0.1, 0.15) is 12.1 Å². The molecular weight excluding hydrogens is 400 g/mol. The van der Waals surface area contributed by atoms with Crippen molar-refractivity contribution in [3.05, 3.63) is 53.5 Å². The lowest BCUT2D eigenvalue weighted by atomic mass is 10.1. The number of amides is 2. The Bertz CT molecular complexity index is 1040. The number of ether oxygens (including phenoxy) is 1. The third-order valence-corrected chi connectivity index (χ3v) is 6.13. The largest absolute Gasteiger partial charge is 0.497 e. The van der Waals surface area contributed by atoms with E-state index in [1.54, 1.807) is 23.3 Å². The van der Waals surface area contributed by atoms with Crippen molar-refractivity contribution < 1.29 is 14.3 Å². The molecule has 30 heavy (non-hydrogen) atoms. The van der Waals surface area contributed by atoms with Crippen molar-refractivity contribution in [2.45, 2.75) is 19.9 Å². The molecule has 156 valence electrons. The zero-order valence-corrected chi connectivity index (χ0v) is 17.8. The van der Waals surface area contributed by atoms with Crippen molar-refractivity contribution >= 4 is 28.8 Å². The van der Waals surface area contributed by atoms with Gasteiger partial charge in [0.25, 0.3) is 0 Å². The van der Waals surface area contributed by atoms with Crippen LogP contribution in [0.4, 0.5) is 5.69 Å². The SMILES string of the molecule is COc1cccc(N2C[C@@H](C(=O)NCCn3nc(-c4cccs4)cc3C)CC2=O)c1. The Kier molecular flexibility index (Phi) is 5.85. The molecule has 1 fully saturated rings. The van der Waals surface area contributed by atoms with Crippen molar-refractivity contribution in [2.24, 2.45) is 5.92 Å². The van der Waals surface area contributed by atoms with Crippen molar-refractivity contribution in [1.82, 2.24) is 15.1 Å². The lowest BCUT2D eigenvalue weighted by molar-refractivity contribution is -0.126. The molecule has 1 aliphatic heterocycles. The minimum Gasteiger partial charge on any atom is -0.497 e. The van der Waals surface area contributed by atoms with Crippen molar-refractivity contribution in [3.63, 3.8) is 0 Å². The van der Waals surface area contributed by atoms with E-state index in [-0.39, 0.29) is 24.2 Å². The van der Waals surface area contributed by atoms with Gasteiger partial charge in [0, 0.05) is 37.0 Å². The molecule has 0 unspecified atom stereocenters. The first-order valence-corrected chi connectivity index (χ1v) is 10.7. The Hall–Kier alpha value is -3.13. The minimum absolute atomic E-state index is 0.0492. The van der Waals surface area contributed by atoms with Gasteiger partial charge in [0.1, 0.15) is 11.4 Å². The number of nitrogens with zero attached hydrogens (tertiary/aromatic N) is 3. The second-order valence-corrected chi connectivity index (χ2v) is 8.22. The third-order valence-electron chi connectivity index (χ3n) is 5.24. The van der Waals surface area contributed by atoms with Gasteiger partial charge in [0.05, 0.1) is 24.4 Å². The fourth-order valence-corrected chi connectivity index (χ4v) is 4.30. The first kappa shape index (κ1) is 20.2. The molecule has 7 nitrogen and oxygen atoms in total. The average molecular weight is 425 g/mol. The molecule has 0 radical (unpaired) electrons. The molecule has 3 heterocycles. The minimum atomic E-state index is -0.357. The summed E-state index contributed by atoms with van der Waals surface area (Å²) < 4.78 is 7.13. The Balaban J connectivity index is 1.32. The van der Waals surface area contributed by atoms with Gasteiger partial charge in [0.15, 0.2) is 0 Å². The van der Waals surface area contributed by atoms with E-state index in [0.717, 1.165) is 22.0 Å². The molecular formula is C22H24N4O3S. The number of benzene rings is 1. The van der Waals surface area contributed by atoms with E-state index in [2.05, 4.69) is 16.5 Å². The third kappa shape index (κ3) is 4.23. The number of aryl methyl sites for hydroxylation is 1. The maximum atomic E-state index is 12.6. The fourth-order valence-electron chi connectivity index (χ4n) is 3.62. The van der Waals surface area contributed by atoms with Crippen LogP contribution >= 0.6 is 11.3 Å². The number of thiophene rings is 1. The van der Waals surface area contributed by atoms with Crippen molar-refractivity contribution in [1.29, 1.82) is 0 Å². The van der Waals surface area contributed by atoms with E-state index in [1.807, 2.05) is 53.4 Å². The standard InChI is InChI=1S/C22H24N4O3S/c1-15-11-19(20-7-4-10-30-20)24-26(15)9-8-23-22(28)16-12-21(27)25(14-16)17-5-3-6-18(13-17)29-2/h3-7,10-11,13,16H,8-9,12,14H2,1-2H3,(H,23,28)/t16-/m0/s1. The quantitative estimate of drug-likeness (QED) is 0.632. The van der Waals surface area contributed by atoms with Gasteiger partial charge >= 0.3 is 0 Å². The van der Waals surface area contributed by atoms with Crippen molar-refractivity contribution in [2.75, 3.05) is 25.1 Å². The smallest absolute Gasteiger partial charge is 0.227 e. The van der Waals surface area contributed by atoms with Crippen molar-refractivity contribution in [3.8, 4) is 16.3 Å². The molecule has 0 spiro atoms. The summed E-state index contributed by atoms with van der Waals surface area (Å²) in [6.45, 7) is 3.44. The second kappa shape index (κ2) is 8.71. The molecule has 4 rings (SSSR count). The number of methoxy groups -OCH3 is 1. The predicted molar refractivity (Wildman–Crippen MR) is 117 cm³/mol. The maximum absolute atomic E-state index is 12.6. The maximum Gasteiger partial charge on any atom is 0.227 e. The number of aromatic nitrogens is 2. The topological polar surface area (TPSA) is 76.5 Å². The molecule has 0 aliphatic carbocycles. The first-order chi connectivity index (χ1) is 14.5. The van der Waals surface area contributed by atoms with Crippen LogP contribution < -0.4 is 15.0 Å². The van der Waals surface area contributed by atoms with Gasteiger partial charge in [-0.25, -0.2) is 0 Å². The molecule has 2 amide bonds. The van der Waals surface area contributed by atoms with Crippen LogP contribution in [0, 0.1) is 12.8 Å². The van der Waals surface area contributed by atoms with E-state index < -0.39 is 0 Å². The highest BCUT2D eigenvalue weighted by molar-refractivity contribution is 7.13. The number of anilines is 1. The van der Waals surface area contributed by atoms with Gasteiger partial charge in [-0.3, -0.25) is 14.3 Å². The molecule has 1 atom stereocenters. The predicted octanol–water partition coefficient (Wildman–Crippen LogP) is 3.10. The average Bonchev–Trinajstić information content (AvgIpc) is 3.48. The van der Waals surface area contributed by atoms with Gasteiger partial charge in [-0.1, -0.05) is 12.1 Å². The van der Waals surface area contributed by atoms with Crippen LogP contribution in [0.3, 0.4) is 0 Å². The zero-order valence-electron chi connectivity index (χ0n) is 17.0. The van der Waals surface area contributed by atoms with Gasteiger partial charge in [-0.2, -0.15) is 5.10 Å². The van der Waals surface area contributed by atoms with Crippen LogP contribution in [-0.4, -0.2) is 41.8 Å². The molecule has 1 aliphatic rings. The monoisotopic (exact) mass is 424 g/mol. The number of hydrogen-bond donors (Lipinski definition) is 1. The summed E-state index contributed by atoms with van der Waals surface area (Å²) in [5.74, 6) is 0.178. The molecule has 1 saturated heterocycles. The summed E-state index contributed by atoms with van der Waals surface area (Å²) in [5, 5.41) is 9.62. The van der Waals surface area contributed by atoms with Crippen LogP contribution in [0.25, 0.3) is 10.6 Å². The van der Waals surface area contributed by atoms with Crippen LogP contribution in [0.5, 0.6) is 5.75 Å². The Morgan fingerprint density at radius 1 is 1.30 bits per heavy atom. The van der Waals surface area contributed by atoms with Gasteiger partial charge in [0.2, 0.25) is 11.8 Å². The normalized spacial score (nSPS) is 16.1. The second-order valence-electron chi connectivity index (χ2n) is 7.27. The van der Waals surface area contributed by atoms with Gasteiger partial charge < -0.3 is 15.0 Å². The van der Waals surface area contributed by atoms with Gasteiger partial charge in [-0.15, -0.1) is 11.3 Å². The number of hydrogen-bond acceptors (Lipinski definition) is 5. The highest BCUT2D eigenvalue weighted by Crippen LogP contribution is 2.28. The lowest BCUT2D eigenvalue weighted by Gasteiger charge is -2.17. The van der Waals surface area contributed by atoms with E-state index >= 15 is 0 Å². The summed E-state index contributed by atoms with van der Waals surface area (Å²) in [6.07, 6.45) is 0.215. The molecule has 2 aromatic heterocycles. The van der Waals surface area contributed by atoms with E-state index in [9.17, 15) is 9.59 Å². The molecule has 3 aromatic rings. The van der Waals surface area contributed by atoms with Gasteiger partial charge in [-0.05, 0) is 36.6 Å². The highest BCUT2D eigenvalue weighted by Gasteiger charge is 2.35. The zero-order chi connectivity index (χ0) is 21.1. The number of nitrogens with one attached hydrogen (secondary N) is 1. The van der Waals surface area contributed by atoms with E-state index in [0.29, 0.717) is 25.4 Å².